The van der Waals surface area contributed by atoms with E-state index in [1.165, 1.54) is 0 Å². The lowest BCUT2D eigenvalue weighted by molar-refractivity contribution is 0.0475. The van der Waals surface area contributed by atoms with Crippen LogP contribution in [0.5, 0.6) is 23.0 Å². The number of aliphatic hydroxyl groups excluding tert-OH is 1. The summed E-state index contributed by atoms with van der Waals surface area (Å²) in [4.78, 5) is 1.96. The molecule has 2 aromatic carbocycles. The van der Waals surface area contributed by atoms with Crippen LogP contribution in [-0.2, 0) is 0 Å². The van der Waals surface area contributed by atoms with Crippen LogP contribution in [0, 0.1) is 0 Å². The molecule has 0 amide bonds. The van der Waals surface area contributed by atoms with E-state index in [1.807, 2.05) is 48.5 Å². The van der Waals surface area contributed by atoms with Crippen molar-refractivity contribution < 1.29 is 24.1 Å². The first-order valence-corrected chi connectivity index (χ1v) is 9.41. The van der Waals surface area contributed by atoms with E-state index in [9.17, 15) is 5.11 Å². The molecule has 27 heavy (non-hydrogen) atoms. The Hall–Kier alpha value is -2.70. The number of benzene rings is 2. The van der Waals surface area contributed by atoms with Gasteiger partial charge in [-0.2, -0.15) is 0 Å². The number of aliphatic hydroxyl groups is 1. The molecule has 140 valence electrons. The minimum absolute atomic E-state index is 0.0881. The standard InChI is InChI=1S/C21H20O5S/c1-23-15-7-3-13(4-8-15)20-18-19(26-17(11-22)12-25-18)21(27-20)14-5-9-16(24-2)10-6-14/h3-10,17,22H,11-12H2,1-2H3. The van der Waals surface area contributed by atoms with Crippen LogP contribution < -0.4 is 18.9 Å². The fourth-order valence-corrected chi connectivity index (χ4v) is 4.16. The molecule has 1 aromatic heterocycles. The van der Waals surface area contributed by atoms with Crippen LogP contribution >= 0.6 is 11.3 Å². The molecule has 1 unspecified atom stereocenters. The van der Waals surface area contributed by atoms with E-state index in [-0.39, 0.29) is 12.7 Å². The molecule has 1 N–H and O–H groups in total. The Morgan fingerprint density at radius 2 is 1.41 bits per heavy atom. The van der Waals surface area contributed by atoms with Gasteiger partial charge >= 0.3 is 0 Å². The molecule has 3 aromatic rings. The zero-order valence-electron chi connectivity index (χ0n) is 15.1. The van der Waals surface area contributed by atoms with Gasteiger partial charge in [-0.1, -0.05) is 0 Å². The molecule has 1 atom stereocenters. The second-order valence-electron chi connectivity index (χ2n) is 6.11. The zero-order valence-corrected chi connectivity index (χ0v) is 15.9. The van der Waals surface area contributed by atoms with Gasteiger partial charge in [-0.3, -0.25) is 0 Å². The van der Waals surface area contributed by atoms with Crippen molar-refractivity contribution in [1.82, 2.24) is 0 Å². The third-order valence-corrected chi connectivity index (χ3v) is 5.68. The van der Waals surface area contributed by atoms with Crippen LogP contribution in [0.15, 0.2) is 48.5 Å². The summed E-state index contributed by atoms with van der Waals surface area (Å²) in [6, 6.07) is 15.7. The van der Waals surface area contributed by atoms with Crippen molar-refractivity contribution in [1.29, 1.82) is 0 Å². The van der Waals surface area contributed by atoms with Gasteiger partial charge in [-0.05, 0) is 59.7 Å². The van der Waals surface area contributed by atoms with Gasteiger partial charge < -0.3 is 24.1 Å². The Morgan fingerprint density at radius 3 is 1.89 bits per heavy atom. The molecular formula is C21H20O5S. The average Bonchev–Trinajstić information content (AvgIpc) is 3.12. The summed E-state index contributed by atoms with van der Waals surface area (Å²) in [6.07, 6.45) is -0.368. The van der Waals surface area contributed by atoms with Crippen LogP contribution in [-0.4, -0.2) is 38.6 Å². The van der Waals surface area contributed by atoms with E-state index in [0.717, 1.165) is 38.1 Å². The SMILES string of the molecule is COc1ccc(-c2sc(-c3ccc(OC)cc3)c3c2OCC(CO)O3)cc1. The molecular weight excluding hydrogens is 364 g/mol. The van der Waals surface area contributed by atoms with Gasteiger partial charge in [0.15, 0.2) is 17.6 Å². The summed E-state index contributed by atoms with van der Waals surface area (Å²) in [7, 11) is 3.29. The van der Waals surface area contributed by atoms with Gasteiger partial charge in [0.2, 0.25) is 0 Å². The van der Waals surface area contributed by atoms with E-state index < -0.39 is 0 Å². The summed E-state index contributed by atoms with van der Waals surface area (Å²) in [5.41, 5.74) is 2.04. The molecule has 0 bridgehead atoms. The van der Waals surface area contributed by atoms with Crippen molar-refractivity contribution in [3.8, 4) is 43.9 Å². The van der Waals surface area contributed by atoms with E-state index in [1.54, 1.807) is 25.6 Å². The number of thiophene rings is 1. The van der Waals surface area contributed by atoms with E-state index in [2.05, 4.69) is 0 Å². The van der Waals surface area contributed by atoms with Crippen LogP contribution in [0.4, 0.5) is 0 Å². The highest BCUT2D eigenvalue weighted by Gasteiger charge is 2.30. The normalized spacial score (nSPS) is 15.4. The quantitative estimate of drug-likeness (QED) is 0.713. The fourth-order valence-electron chi connectivity index (χ4n) is 2.97. The van der Waals surface area contributed by atoms with Crippen molar-refractivity contribution in [3.05, 3.63) is 48.5 Å². The van der Waals surface area contributed by atoms with Crippen molar-refractivity contribution in [2.24, 2.45) is 0 Å². The molecule has 0 spiro atoms. The molecule has 0 fully saturated rings. The molecule has 0 saturated carbocycles. The lowest BCUT2D eigenvalue weighted by atomic mass is 10.1. The van der Waals surface area contributed by atoms with Gasteiger partial charge in [0.05, 0.1) is 30.6 Å². The lowest BCUT2D eigenvalue weighted by Crippen LogP contribution is -2.32. The number of hydrogen-bond acceptors (Lipinski definition) is 6. The highest BCUT2D eigenvalue weighted by atomic mass is 32.1. The first-order valence-electron chi connectivity index (χ1n) is 8.59. The Kier molecular flexibility index (Phi) is 4.92. The Balaban J connectivity index is 1.81. The molecule has 2 heterocycles. The smallest absolute Gasteiger partial charge is 0.181 e. The maximum atomic E-state index is 9.50. The minimum Gasteiger partial charge on any atom is -0.497 e. The van der Waals surface area contributed by atoms with Gasteiger partial charge in [0.1, 0.15) is 18.1 Å². The minimum atomic E-state index is -0.368. The summed E-state index contributed by atoms with van der Waals surface area (Å²) in [5, 5.41) is 9.50. The molecule has 0 aliphatic carbocycles. The zero-order chi connectivity index (χ0) is 18.8. The summed E-state index contributed by atoms with van der Waals surface area (Å²) in [5.74, 6) is 3.00. The Morgan fingerprint density at radius 1 is 0.889 bits per heavy atom. The monoisotopic (exact) mass is 384 g/mol. The largest absolute Gasteiger partial charge is 0.497 e. The van der Waals surface area contributed by atoms with Gasteiger partial charge in [-0.15, -0.1) is 11.3 Å². The first kappa shape index (κ1) is 17.7. The molecule has 0 saturated heterocycles. The van der Waals surface area contributed by atoms with Crippen LogP contribution in [0.3, 0.4) is 0 Å². The van der Waals surface area contributed by atoms with Crippen LogP contribution in [0.2, 0.25) is 0 Å². The van der Waals surface area contributed by atoms with Crippen molar-refractivity contribution in [3.63, 3.8) is 0 Å². The predicted molar refractivity (Wildman–Crippen MR) is 105 cm³/mol. The van der Waals surface area contributed by atoms with E-state index in [0.29, 0.717) is 12.4 Å². The number of rotatable bonds is 5. The number of fused-ring (bicyclic) bond motifs is 1. The van der Waals surface area contributed by atoms with Crippen molar-refractivity contribution in [2.45, 2.75) is 6.10 Å². The second-order valence-corrected chi connectivity index (χ2v) is 7.13. The summed E-state index contributed by atoms with van der Waals surface area (Å²) in [6.45, 7) is 0.237. The number of methoxy groups -OCH3 is 2. The topological polar surface area (TPSA) is 57.2 Å². The third kappa shape index (κ3) is 3.34. The van der Waals surface area contributed by atoms with Crippen LogP contribution in [0.1, 0.15) is 0 Å². The highest BCUT2D eigenvalue weighted by molar-refractivity contribution is 7.19. The van der Waals surface area contributed by atoms with Crippen molar-refractivity contribution in [2.75, 3.05) is 27.4 Å². The van der Waals surface area contributed by atoms with Gasteiger partial charge in [0.25, 0.3) is 0 Å². The maximum absolute atomic E-state index is 9.50. The average molecular weight is 384 g/mol. The number of ether oxygens (including phenoxy) is 4. The van der Waals surface area contributed by atoms with E-state index >= 15 is 0 Å². The molecule has 0 radical (unpaired) electrons. The third-order valence-electron chi connectivity index (χ3n) is 4.43. The van der Waals surface area contributed by atoms with Crippen molar-refractivity contribution >= 4 is 11.3 Å². The van der Waals surface area contributed by atoms with E-state index in [4.69, 9.17) is 18.9 Å². The summed E-state index contributed by atoms with van der Waals surface area (Å²) >= 11 is 1.61. The molecule has 4 rings (SSSR count). The fraction of sp³-hybridized carbons (Fsp3) is 0.238. The predicted octanol–water partition coefficient (Wildman–Crippen LogP) is 4.23. The van der Waals surface area contributed by atoms with Gasteiger partial charge in [-0.25, -0.2) is 0 Å². The lowest BCUT2D eigenvalue weighted by Gasteiger charge is -2.24. The Labute approximate surface area is 161 Å². The van der Waals surface area contributed by atoms with Crippen LogP contribution in [0.25, 0.3) is 20.9 Å². The van der Waals surface area contributed by atoms with Gasteiger partial charge in [0, 0.05) is 0 Å². The maximum Gasteiger partial charge on any atom is 0.181 e. The first-order chi connectivity index (χ1) is 13.2. The molecule has 1 aliphatic heterocycles. The molecule has 6 heteroatoms. The molecule has 1 aliphatic rings. The number of hydrogen-bond donors (Lipinski definition) is 1. The highest BCUT2D eigenvalue weighted by Crippen LogP contribution is 2.54. The Bertz CT molecular complexity index is 915. The second kappa shape index (κ2) is 7.50. The summed E-state index contributed by atoms with van der Waals surface area (Å²) < 4.78 is 22.5. The molecule has 5 nitrogen and oxygen atoms in total.